The van der Waals surface area contributed by atoms with Crippen molar-refractivity contribution >= 4 is 0 Å². The number of hydrogen-bond acceptors (Lipinski definition) is 3. The van der Waals surface area contributed by atoms with Gasteiger partial charge in [0.2, 0.25) is 0 Å². The molecule has 0 bridgehead atoms. The Balaban J connectivity index is 1.66. The van der Waals surface area contributed by atoms with Gasteiger partial charge in [0.05, 0.1) is 6.26 Å². The Morgan fingerprint density at radius 1 is 1.62 bits per heavy atom. The molecule has 1 aliphatic heterocycles. The van der Waals surface area contributed by atoms with Gasteiger partial charge in [-0.15, -0.1) is 0 Å². The van der Waals surface area contributed by atoms with Crippen LogP contribution in [0.15, 0.2) is 22.8 Å². The smallest absolute Gasteiger partial charge is 0.103 e. The molecule has 90 valence electrons. The monoisotopic (exact) mass is 222 g/mol. The van der Waals surface area contributed by atoms with E-state index in [4.69, 9.17) is 4.42 Å². The summed E-state index contributed by atoms with van der Waals surface area (Å²) in [6.45, 7) is 4.68. The Morgan fingerprint density at radius 3 is 3.12 bits per heavy atom. The van der Waals surface area contributed by atoms with E-state index in [9.17, 15) is 0 Å². The summed E-state index contributed by atoms with van der Waals surface area (Å²) in [6, 6.07) is 5.26. The predicted molar refractivity (Wildman–Crippen MR) is 65.5 cm³/mol. The van der Waals surface area contributed by atoms with Crippen molar-refractivity contribution in [2.45, 2.75) is 38.3 Å². The third-order valence-corrected chi connectivity index (χ3v) is 3.32. The second kappa shape index (κ2) is 5.51. The first-order chi connectivity index (χ1) is 7.74. The fourth-order valence-electron chi connectivity index (χ4n) is 2.37. The highest BCUT2D eigenvalue weighted by molar-refractivity contribution is 4.98. The van der Waals surface area contributed by atoms with Crippen LogP contribution in [-0.2, 0) is 6.42 Å². The number of likely N-dealkylation sites (tertiary alicyclic amines) is 1. The van der Waals surface area contributed by atoms with Crippen molar-refractivity contribution in [3.63, 3.8) is 0 Å². The molecule has 2 unspecified atom stereocenters. The van der Waals surface area contributed by atoms with Gasteiger partial charge < -0.3 is 14.6 Å². The average Bonchev–Trinajstić information content (AvgIpc) is 2.87. The number of hydrogen-bond donors (Lipinski definition) is 1. The van der Waals surface area contributed by atoms with Crippen molar-refractivity contribution in [3.8, 4) is 0 Å². The van der Waals surface area contributed by atoms with Crippen molar-refractivity contribution < 1.29 is 4.42 Å². The van der Waals surface area contributed by atoms with Crippen LogP contribution in [0.5, 0.6) is 0 Å². The third-order valence-electron chi connectivity index (χ3n) is 3.32. The molecule has 1 saturated heterocycles. The van der Waals surface area contributed by atoms with Gasteiger partial charge in [-0.2, -0.15) is 0 Å². The van der Waals surface area contributed by atoms with E-state index in [0.717, 1.165) is 18.6 Å². The van der Waals surface area contributed by atoms with Crippen LogP contribution in [0.2, 0.25) is 0 Å². The van der Waals surface area contributed by atoms with Gasteiger partial charge >= 0.3 is 0 Å². The summed E-state index contributed by atoms with van der Waals surface area (Å²) in [5.74, 6) is 1.09. The molecule has 3 heteroatoms. The molecule has 1 aromatic rings. The first-order valence-corrected chi connectivity index (χ1v) is 6.21. The molecular formula is C13H22N2O. The van der Waals surface area contributed by atoms with Gasteiger partial charge in [0, 0.05) is 25.0 Å². The van der Waals surface area contributed by atoms with Gasteiger partial charge in [-0.05, 0) is 45.5 Å². The van der Waals surface area contributed by atoms with Crippen LogP contribution < -0.4 is 5.32 Å². The van der Waals surface area contributed by atoms with Crippen LogP contribution in [-0.4, -0.2) is 37.1 Å². The summed E-state index contributed by atoms with van der Waals surface area (Å²) in [4.78, 5) is 2.39. The number of likely N-dealkylation sites (N-methyl/N-ethyl adjacent to an activating group) is 1. The molecule has 1 N–H and O–H groups in total. The topological polar surface area (TPSA) is 28.4 Å². The zero-order valence-electron chi connectivity index (χ0n) is 10.3. The summed E-state index contributed by atoms with van der Waals surface area (Å²) < 4.78 is 5.33. The molecule has 3 nitrogen and oxygen atoms in total. The van der Waals surface area contributed by atoms with Gasteiger partial charge in [0.1, 0.15) is 5.76 Å². The first-order valence-electron chi connectivity index (χ1n) is 6.21. The minimum Gasteiger partial charge on any atom is -0.469 e. The quantitative estimate of drug-likeness (QED) is 0.824. The van der Waals surface area contributed by atoms with Gasteiger partial charge in [0.25, 0.3) is 0 Å². The molecule has 1 fully saturated rings. The van der Waals surface area contributed by atoms with Crippen molar-refractivity contribution in [1.29, 1.82) is 0 Å². The zero-order valence-corrected chi connectivity index (χ0v) is 10.3. The molecule has 2 atom stereocenters. The molecule has 0 radical (unpaired) electrons. The number of rotatable bonds is 5. The van der Waals surface area contributed by atoms with Crippen LogP contribution in [0.4, 0.5) is 0 Å². The van der Waals surface area contributed by atoms with Crippen LogP contribution in [0.3, 0.4) is 0 Å². The Morgan fingerprint density at radius 2 is 2.50 bits per heavy atom. The maximum atomic E-state index is 5.33. The van der Waals surface area contributed by atoms with Crippen molar-refractivity contribution in [2.75, 3.05) is 20.1 Å². The van der Waals surface area contributed by atoms with E-state index in [0.29, 0.717) is 12.1 Å². The molecule has 0 amide bonds. The maximum Gasteiger partial charge on any atom is 0.103 e. The molecule has 2 heterocycles. The Hall–Kier alpha value is -0.800. The van der Waals surface area contributed by atoms with Gasteiger partial charge in [-0.3, -0.25) is 0 Å². The maximum absolute atomic E-state index is 5.33. The molecule has 0 aromatic carbocycles. The fraction of sp³-hybridized carbons (Fsp3) is 0.692. The molecule has 2 rings (SSSR count). The first kappa shape index (κ1) is 11.7. The molecule has 16 heavy (non-hydrogen) atoms. The van der Waals surface area contributed by atoms with Gasteiger partial charge in [0.15, 0.2) is 0 Å². The minimum absolute atomic E-state index is 0.571. The zero-order chi connectivity index (χ0) is 11.4. The standard InChI is InChI=1S/C13H22N2O/c1-11(5-6-13-4-3-9-16-13)14-12-7-8-15(2)10-12/h3-4,9,11-12,14H,5-8,10H2,1-2H3. The Labute approximate surface area is 97.8 Å². The van der Waals surface area contributed by atoms with E-state index < -0.39 is 0 Å². The normalized spacial score (nSPS) is 23.8. The lowest BCUT2D eigenvalue weighted by Gasteiger charge is -2.18. The summed E-state index contributed by atoms with van der Waals surface area (Å²) in [7, 11) is 2.19. The van der Waals surface area contributed by atoms with Gasteiger partial charge in [-0.25, -0.2) is 0 Å². The molecule has 0 spiro atoms. The molecule has 1 aromatic heterocycles. The lowest BCUT2D eigenvalue weighted by atomic mass is 10.1. The minimum atomic E-state index is 0.571. The number of aryl methyl sites for hydroxylation is 1. The molecular weight excluding hydrogens is 200 g/mol. The second-order valence-electron chi connectivity index (χ2n) is 4.93. The number of nitrogens with one attached hydrogen (secondary N) is 1. The van der Waals surface area contributed by atoms with E-state index in [1.807, 2.05) is 6.07 Å². The average molecular weight is 222 g/mol. The largest absolute Gasteiger partial charge is 0.469 e. The van der Waals surface area contributed by atoms with E-state index in [1.54, 1.807) is 6.26 Å². The Kier molecular flexibility index (Phi) is 4.02. The van der Waals surface area contributed by atoms with Crippen LogP contribution >= 0.6 is 0 Å². The van der Waals surface area contributed by atoms with Crippen LogP contribution in [0, 0.1) is 0 Å². The van der Waals surface area contributed by atoms with E-state index in [1.165, 1.54) is 19.5 Å². The fourth-order valence-corrected chi connectivity index (χ4v) is 2.37. The van der Waals surface area contributed by atoms with Crippen LogP contribution in [0.25, 0.3) is 0 Å². The van der Waals surface area contributed by atoms with Crippen molar-refractivity contribution in [2.24, 2.45) is 0 Å². The highest BCUT2D eigenvalue weighted by Crippen LogP contribution is 2.10. The second-order valence-corrected chi connectivity index (χ2v) is 4.93. The Bertz CT molecular complexity index is 297. The van der Waals surface area contributed by atoms with Crippen molar-refractivity contribution in [3.05, 3.63) is 24.2 Å². The highest BCUT2D eigenvalue weighted by atomic mass is 16.3. The molecule has 0 aliphatic carbocycles. The van der Waals surface area contributed by atoms with E-state index in [2.05, 4.69) is 30.3 Å². The van der Waals surface area contributed by atoms with Gasteiger partial charge in [-0.1, -0.05) is 0 Å². The lowest BCUT2D eigenvalue weighted by Crippen LogP contribution is -2.38. The van der Waals surface area contributed by atoms with Crippen LogP contribution in [0.1, 0.15) is 25.5 Å². The van der Waals surface area contributed by atoms with Crippen molar-refractivity contribution in [1.82, 2.24) is 10.2 Å². The highest BCUT2D eigenvalue weighted by Gasteiger charge is 2.20. The number of furan rings is 1. The summed E-state index contributed by atoms with van der Waals surface area (Å²) in [5.41, 5.74) is 0. The molecule has 1 aliphatic rings. The summed E-state index contributed by atoms with van der Waals surface area (Å²) in [5, 5.41) is 3.69. The van der Waals surface area contributed by atoms with E-state index >= 15 is 0 Å². The summed E-state index contributed by atoms with van der Waals surface area (Å²) in [6.07, 6.45) is 5.21. The third kappa shape index (κ3) is 3.35. The van der Waals surface area contributed by atoms with E-state index in [-0.39, 0.29) is 0 Å². The number of nitrogens with zero attached hydrogens (tertiary/aromatic N) is 1. The lowest BCUT2D eigenvalue weighted by molar-refractivity contribution is 0.376. The molecule has 0 saturated carbocycles. The summed E-state index contributed by atoms with van der Waals surface area (Å²) >= 11 is 0. The predicted octanol–water partition coefficient (Wildman–Crippen LogP) is 1.89. The SMILES string of the molecule is CC(CCc1ccco1)NC1CCN(C)C1.